The molecule has 3 rings (SSSR count). The van der Waals surface area contributed by atoms with E-state index in [1.165, 1.54) is 24.2 Å². The molecule has 0 aliphatic heterocycles. The predicted octanol–water partition coefficient (Wildman–Crippen LogP) is 1.53. The molecule has 2 N–H and O–H groups in total. The van der Waals surface area contributed by atoms with Gasteiger partial charge in [0.1, 0.15) is 5.54 Å². The summed E-state index contributed by atoms with van der Waals surface area (Å²) in [5, 5.41) is 12.4. The molecule has 2 aliphatic carbocycles. The first-order chi connectivity index (χ1) is 9.16. The van der Waals surface area contributed by atoms with Crippen LogP contribution >= 0.6 is 0 Å². The molecule has 0 saturated heterocycles. The van der Waals surface area contributed by atoms with Crippen molar-refractivity contribution in [1.29, 1.82) is 0 Å². The van der Waals surface area contributed by atoms with Crippen molar-refractivity contribution < 1.29 is 9.90 Å². The fraction of sp³-hybridized carbons (Fsp3) is 0.714. The maximum absolute atomic E-state index is 11.5. The summed E-state index contributed by atoms with van der Waals surface area (Å²) in [6.07, 6.45) is 8.80. The lowest BCUT2D eigenvalue weighted by Crippen LogP contribution is -2.48. The van der Waals surface area contributed by atoms with Crippen LogP contribution in [0.5, 0.6) is 0 Å². The SMILES string of the molecule is CNC1(C(=O)O)CCC(n2cnc3c2CCCC3)C1. The number of aromatic nitrogens is 2. The molecule has 5 nitrogen and oxygen atoms in total. The van der Waals surface area contributed by atoms with Gasteiger partial charge in [-0.25, -0.2) is 4.98 Å². The minimum absolute atomic E-state index is 0.276. The molecular weight excluding hydrogens is 242 g/mol. The Bertz CT molecular complexity index is 497. The largest absolute Gasteiger partial charge is 0.480 e. The van der Waals surface area contributed by atoms with Gasteiger partial charge in [-0.3, -0.25) is 4.79 Å². The molecule has 0 amide bonds. The van der Waals surface area contributed by atoms with Crippen LogP contribution in [0.3, 0.4) is 0 Å². The van der Waals surface area contributed by atoms with Gasteiger partial charge in [0.2, 0.25) is 0 Å². The van der Waals surface area contributed by atoms with E-state index in [0.717, 1.165) is 19.3 Å². The van der Waals surface area contributed by atoms with Gasteiger partial charge in [0, 0.05) is 11.7 Å². The van der Waals surface area contributed by atoms with Gasteiger partial charge in [0.15, 0.2) is 0 Å². The summed E-state index contributed by atoms with van der Waals surface area (Å²) < 4.78 is 2.25. The number of carboxylic acid groups (broad SMARTS) is 1. The lowest BCUT2D eigenvalue weighted by atomic mass is 9.97. The average Bonchev–Trinajstić information content (AvgIpc) is 3.03. The highest BCUT2D eigenvalue weighted by molar-refractivity contribution is 5.79. The molecule has 19 heavy (non-hydrogen) atoms. The number of nitrogens with one attached hydrogen (secondary N) is 1. The summed E-state index contributed by atoms with van der Waals surface area (Å²) in [5.74, 6) is -0.730. The number of hydrogen-bond donors (Lipinski definition) is 2. The van der Waals surface area contributed by atoms with E-state index >= 15 is 0 Å². The van der Waals surface area contributed by atoms with Crippen molar-refractivity contribution in [2.45, 2.75) is 56.5 Å². The smallest absolute Gasteiger partial charge is 0.323 e. The van der Waals surface area contributed by atoms with Crippen LogP contribution in [-0.2, 0) is 17.6 Å². The van der Waals surface area contributed by atoms with Crippen LogP contribution in [0.1, 0.15) is 49.5 Å². The van der Waals surface area contributed by atoms with Gasteiger partial charge in [-0.05, 0) is 52.0 Å². The maximum atomic E-state index is 11.5. The van der Waals surface area contributed by atoms with E-state index in [1.54, 1.807) is 7.05 Å². The summed E-state index contributed by atoms with van der Waals surface area (Å²) in [4.78, 5) is 16.0. The van der Waals surface area contributed by atoms with E-state index in [4.69, 9.17) is 0 Å². The van der Waals surface area contributed by atoms with E-state index in [2.05, 4.69) is 14.9 Å². The first-order valence-corrected chi connectivity index (χ1v) is 7.13. The molecule has 1 aromatic heterocycles. The van der Waals surface area contributed by atoms with Crippen LogP contribution in [0.4, 0.5) is 0 Å². The number of carboxylic acids is 1. The third-order valence-electron chi connectivity index (χ3n) is 4.83. The van der Waals surface area contributed by atoms with Crippen LogP contribution in [0.25, 0.3) is 0 Å². The minimum atomic E-state index is -0.753. The van der Waals surface area contributed by atoms with Gasteiger partial charge >= 0.3 is 5.97 Å². The van der Waals surface area contributed by atoms with Crippen LogP contribution in [0.15, 0.2) is 6.33 Å². The second-order valence-electron chi connectivity index (χ2n) is 5.79. The average molecular weight is 263 g/mol. The van der Waals surface area contributed by atoms with Gasteiger partial charge in [-0.1, -0.05) is 0 Å². The zero-order valence-corrected chi connectivity index (χ0v) is 11.4. The Labute approximate surface area is 113 Å². The van der Waals surface area contributed by atoms with Gasteiger partial charge in [-0.2, -0.15) is 0 Å². The molecule has 2 atom stereocenters. The Morgan fingerprint density at radius 3 is 3.00 bits per heavy atom. The van der Waals surface area contributed by atoms with E-state index in [-0.39, 0.29) is 6.04 Å². The van der Waals surface area contributed by atoms with Crippen LogP contribution in [0.2, 0.25) is 0 Å². The van der Waals surface area contributed by atoms with E-state index in [0.29, 0.717) is 12.8 Å². The number of nitrogens with zero attached hydrogens (tertiary/aromatic N) is 2. The summed E-state index contributed by atoms with van der Waals surface area (Å²) >= 11 is 0. The number of rotatable bonds is 3. The fourth-order valence-corrected chi connectivity index (χ4v) is 3.59. The van der Waals surface area contributed by atoms with E-state index < -0.39 is 11.5 Å². The van der Waals surface area contributed by atoms with Crippen molar-refractivity contribution in [3.05, 3.63) is 17.7 Å². The predicted molar refractivity (Wildman–Crippen MR) is 71.2 cm³/mol. The standard InChI is InChI=1S/C14H21N3O2/c1-15-14(13(18)19)7-6-10(8-14)17-9-16-11-4-2-3-5-12(11)17/h9-10,15H,2-8H2,1H3,(H,18,19). The highest BCUT2D eigenvalue weighted by Gasteiger charge is 2.45. The molecule has 1 fully saturated rings. The third-order valence-corrected chi connectivity index (χ3v) is 4.83. The molecule has 104 valence electrons. The molecule has 1 saturated carbocycles. The lowest BCUT2D eigenvalue weighted by molar-refractivity contribution is -0.144. The van der Waals surface area contributed by atoms with Gasteiger partial charge in [0.25, 0.3) is 0 Å². The van der Waals surface area contributed by atoms with Gasteiger partial charge < -0.3 is 15.0 Å². The van der Waals surface area contributed by atoms with Crippen LogP contribution in [-0.4, -0.2) is 33.2 Å². The molecule has 0 aromatic carbocycles. The summed E-state index contributed by atoms with van der Waals surface area (Å²) in [5.41, 5.74) is 1.81. The number of aliphatic carboxylic acids is 1. The number of aryl methyl sites for hydroxylation is 1. The lowest BCUT2D eigenvalue weighted by Gasteiger charge is -2.24. The Morgan fingerprint density at radius 2 is 2.32 bits per heavy atom. The molecule has 0 spiro atoms. The summed E-state index contributed by atoms with van der Waals surface area (Å²) in [6, 6.07) is 0.276. The van der Waals surface area contributed by atoms with Gasteiger partial charge in [0.05, 0.1) is 12.0 Å². The van der Waals surface area contributed by atoms with Crippen molar-refractivity contribution in [3.63, 3.8) is 0 Å². The van der Waals surface area contributed by atoms with E-state index in [1.807, 2.05) is 6.33 Å². The number of imidazole rings is 1. The summed E-state index contributed by atoms with van der Waals surface area (Å²) in [7, 11) is 1.75. The van der Waals surface area contributed by atoms with Crippen LogP contribution in [0, 0.1) is 0 Å². The Balaban J connectivity index is 1.85. The molecule has 2 aliphatic rings. The van der Waals surface area contributed by atoms with Gasteiger partial charge in [-0.15, -0.1) is 0 Å². The molecular formula is C14H21N3O2. The molecule has 0 radical (unpaired) electrons. The Morgan fingerprint density at radius 1 is 1.53 bits per heavy atom. The quantitative estimate of drug-likeness (QED) is 0.868. The third kappa shape index (κ3) is 1.96. The molecule has 1 aromatic rings. The molecule has 1 heterocycles. The minimum Gasteiger partial charge on any atom is -0.480 e. The van der Waals surface area contributed by atoms with Crippen molar-refractivity contribution in [2.24, 2.45) is 0 Å². The highest BCUT2D eigenvalue weighted by atomic mass is 16.4. The Kier molecular flexibility index (Phi) is 3.09. The maximum Gasteiger partial charge on any atom is 0.323 e. The zero-order valence-electron chi connectivity index (χ0n) is 11.4. The number of hydrogen-bond acceptors (Lipinski definition) is 3. The number of fused-ring (bicyclic) bond motifs is 1. The monoisotopic (exact) mass is 263 g/mol. The van der Waals surface area contributed by atoms with E-state index in [9.17, 15) is 9.90 Å². The zero-order chi connectivity index (χ0) is 13.5. The van der Waals surface area contributed by atoms with Crippen LogP contribution < -0.4 is 5.32 Å². The second-order valence-corrected chi connectivity index (χ2v) is 5.79. The number of likely N-dealkylation sites (N-methyl/N-ethyl adjacent to an activating group) is 1. The van der Waals surface area contributed by atoms with Crippen molar-refractivity contribution >= 4 is 5.97 Å². The molecule has 0 bridgehead atoms. The van der Waals surface area contributed by atoms with Crippen molar-refractivity contribution in [1.82, 2.24) is 14.9 Å². The summed E-state index contributed by atoms with van der Waals surface area (Å²) in [6.45, 7) is 0. The first kappa shape index (κ1) is 12.7. The highest BCUT2D eigenvalue weighted by Crippen LogP contribution is 2.39. The fourth-order valence-electron chi connectivity index (χ4n) is 3.59. The Hall–Kier alpha value is -1.36. The topological polar surface area (TPSA) is 67.2 Å². The van der Waals surface area contributed by atoms with Crippen molar-refractivity contribution in [2.75, 3.05) is 7.05 Å². The van der Waals surface area contributed by atoms with Crippen molar-refractivity contribution in [3.8, 4) is 0 Å². The molecule has 5 heteroatoms. The normalized spacial score (nSPS) is 30.3. The first-order valence-electron chi connectivity index (χ1n) is 7.13. The second kappa shape index (κ2) is 4.63. The molecule has 2 unspecified atom stereocenters. The number of carbonyl (C=O) groups is 1.